The lowest BCUT2D eigenvalue weighted by Crippen LogP contribution is -2.31. The van der Waals surface area contributed by atoms with E-state index in [0.717, 1.165) is 34.8 Å². The molecule has 5 heteroatoms. The molecular weight excluding hydrogens is 258 g/mol. The number of carbonyl (C=O) groups is 1. The first kappa shape index (κ1) is 13.9. The quantitative estimate of drug-likeness (QED) is 0.855. The molecule has 1 N–H and O–H groups in total. The van der Waals surface area contributed by atoms with E-state index in [1.807, 2.05) is 43.9 Å². The number of hydrogen-bond donors (Lipinski definition) is 1. The standard InChI is InChI=1S/C14H19N3OS/c1-4-17(5-2)12(18)9-19-14-15-11-8-6-7-10(3)13(11)16-14/h6-8H,4-5,9H2,1-3H3,(H,15,16). The van der Waals surface area contributed by atoms with Crippen LogP contribution in [0.2, 0.25) is 0 Å². The minimum atomic E-state index is 0.159. The van der Waals surface area contributed by atoms with Gasteiger partial charge in [-0.05, 0) is 32.4 Å². The molecule has 2 rings (SSSR count). The molecule has 0 saturated heterocycles. The summed E-state index contributed by atoms with van der Waals surface area (Å²) in [5.41, 5.74) is 3.16. The topological polar surface area (TPSA) is 49.0 Å². The zero-order valence-electron chi connectivity index (χ0n) is 11.6. The molecule has 1 amide bonds. The third kappa shape index (κ3) is 3.10. The number of H-pyrrole nitrogens is 1. The second-order valence-electron chi connectivity index (χ2n) is 4.37. The van der Waals surface area contributed by atoms with Crippen molar-refractivity contribution in [3.8, 4) is 0 Å². The van der Waals surface area contributed by atoms with Crippen molar-refractivity contribution in [2.45, 2.75) is 25.9 Å². The number of benzene rings is 1. The molecule has 0 bridgehead atoms. The second kappa shape index (κ2) is 6.10. The smallest absolute Gasteiger partial charge is 0.233 e. The first-order valence-electron chi connectivity index (χ1n) is 6.51. The van der Waals surface area contributed by atoms with Gasteiger partial charge in [-0.25, -0.2) is 4.98 Å². The minimum absolute atomic E-state index is 0.159. The number of rotatable bonds is 5. The summed E-state index contributed by atoms with van der Waals surface area (Å²) < 4.78 is 0. The van der Waals surface area contributed by atoms with E-state index >= 15 is 0 Å². The van der Waals surface area contributed by atoms with Crippen molar-refractivity contribution in [3.05, 3.63) is 23.8 Å². The fraction of sp³-hybridized carbons (Fsp3) is 0.429. The van der Waals surface area contributed by atoms with Crippen LogP contribution in [-0.2, 0) is 4.79 Å². The van der Waals surface area contributed by atoms with Gasteiger partial charge >= 0.3 is 0 Å². The summed E-state index contributed by atoms with van der Waals surface area (Å²) in [6.07, 6.45) is 0. The molecule has 0 atom stereocenters. The van der Waals surface area contributed by atoms with Crippen molar-refractivity contribution < 1.29 is 4.79 Å². The molecule has 19 heavy (non-hydrogen) atoms. The summed E-state index contributed by atoms with van der Waals surface area (Å²) in [5, 5.41) is 0.810. The molecule has 2 aromatic rings. The highest BCUT2D eigenvalue weighted by Gasteiger charge is 2.12. The van der Waals surface area contributed by atoms with E-state index in [4.69, 9.17) is 0 Å². The predicted molar refractivity (Wildman–Crippen MR) is 79.5 cm³/mol. The third-order valence-corrected chi connectivity index (χ3v) is 4.00. The number of para-hydroxylation sites is 1. The highest BCUT2D eigenvalue weighted by atomic mass is 32.2. The molecule has 1 aromatic heterocycles. The molecule has 1 aromatic carbocycles. The fourth-order valence-corrected chi connectivity index (χ4v) is 2.80. The third-order valence-electron chi connectivity index (χ3n) is 3.14. The maximum atomic E-state index is 11.9. The van der Waals surface area contributed by atoms with Crippen LogP contribution in [0.15, 0.2) is 23.4 Å². The van der Waals surface area contributed by atoms with Crippen molar-refractivity contribution in [1.29, 1.82) is 0 Å². The zero-order chi connectivity index (χ0) is 13.8. The summed E-state index contributed by atoms with van der Waals surface area (Å²) in [6.45, 7) is 7.55. The molecule has 0 aliphatic heterocycles. The number of aromatic amines is 1. The normalized spacial score (nSPS) is 10.9. The molecular formula is C14H19N3OS. The Morgan fingerprint density at radius 3 is 2.74 bits per heavy atom. The van der Waals surface area contributed by atoms with Crippen molar-refractivity contribution in [2.24, 2.45) is 0 Å². The summed E-state index contributed by atoms with van der Waals surface area (Å²) >= 11 is 1.46. The van der Waals surface area contributed by atoms with Crippen LogP contribution in [0.3, 0.4) is 0 Å². The predicted octanol–water partition coefficient (Wildman–Crippen LogP) is 2.83. The van der Waals surface area contributed by atoms with Gasteiger partial charge in [0.1, 0.15) is 0 Å². The minimum Gasteiger partial charge on any atom is -0.343 e. The highest BCUT2D eigenvalue weighted by molar-refractivity contribution is 7.99. The Morgan fingerprint density at radius 2 is 2.11 bits per heavy atom. The second-order valence-corrected chi connectivity index (χ2v) is 5.33. The van der Waals surface area contributed by atoms with Crippen LogP contribution >= 0.6 is 11.8 Å². The van der Waals surface area contributed by atoms with Crippen LogP contribution in [0.25, 0.3) is 11.0 Å². The maximum Gasteiger partial charge on any atom is 0.233 e. The van der Waals surface area contributed by atoms with Crippen LogP contribution in [-0.4, -0.2) is 39.6 Å². The molecule has 0 aliphatic rings. The Morgan fingerprint density at radius 1 is 1.37 bits per heavy atom. The molecule has 0 radical (unpaired) electrons. The lowest BCUT2D eigenvalue weighted by Gasteiger charge is -2.17. The number of thioether (sulfide) groups is 1. The van der Waals surface area contributed by atoms with Gasteiger partial charge in [-0.1, -0.05) is 23.9 Å². The van der Waals surface area contributed by atoms with Crippen molar-refractivity contribution in [1.82, 2.24) is 14.9 Å². The lowest BCUT2D eigenvalue weighted by molar-refractivity contribution is -0.127. The van der Waals surface area contributed by atoms with Gasteiger partial charge in [-0.3, -0.25) is 4.79 Å². The number of aromatic nitrogens is 2. The molecule has 0 spiro atoms. The van der Waals surface area contributed by atoms with E-state index in [1.54, 1.807) is 0 Å². The van der Waals surface area contributed by atoms with E-state index < -0.39 is 0 Å². The van der Waals surface area contributed by atoms with Gasteiger partial charge in [0.25, 0.3) is 0 Å². The van der Waals surface area contributed by atoms with E-state index in [-0.39, 0.29) is 5.91 Å². The maximum absolute atomic E-state index is 11.9. The lowest BCUT2D eigenvalue weighted by atomic mass is 10.2. The molecule has 0 saturated carbocycles. The van der Waals surface area contributed by atoms with Crippen LogP contribution in [0.5, 0.6) is 0 Å². The number of hydrogen-bond acceptors (Lipinski definition) is 3. The van der Waals surface area contributed by atoms with Gasteiger partial charge in [0, 0.05) is 13.1 Å². The van der Waals surface area contributed by atoms with Crippen molar-refractivity contribution in [2.75, 3.05) is 18.8 Å². The van der Waals surface area contributed by atoms with Gasteiger partial charge in [0.2, 0.25) is 5.91 Å². The fourth-order valence-electron chi connectivity index (χ4n) is 2.02. The van der Waals surface area contributed by atoms with Gasteiger partial charge in [-0.15, -0.1) is 0 Å². The summed E-state index contributed by atoms with van der Waals surface area (Å²) in [7, 11) is 0. The molecule has 0 aliphatic carbocycles. The number of nitrogens with one attached hydrogen (secondary N) is 1. The molecule has 1 heterocycles. The van der Waals surface area contributed by atoms with E-state index in [0.29, 0.717) is 5.75 Å². The molecule has 0 fully saturated rings. The zero-order valence-corrected chi connectivity index (χ0v) is 12.4. The van der Waals surface area contributed by atoms with Crippen LogP contribution in [0, 0.1) is 6.92 Å². The number of aryl methyl sites for hydroxylation is 1. The van der Waals surface area contributed by atoms with Crippen LogP contribution < -0.4 is 0 Å². The SMILES string of the molecule is CCN(CC)C(=O)CSc1nc2c(C)cccc2[nH]1. The molecule has 4 nitrogen and oxygen atoms in total. The van der Waals surface area contributed by atoms with Crippen molar-refractivity contribution in [3.63, 3.8) is 0 Å². The number of amides is 1. The summed E-state index contributed by atoms with van der Waals surface area (Å²) in [5.74, 6) is 0.591. The molecule has 0 unspecified atom stereocenters. The van der Waals surface area contributed by atoms with Crippen LogP contribution in [0.1, 0.15) is 19.4 Å². The Labute approximate surface area is 117 Å². The van der Waals surface area contributed by atoms with E-state index in [2.05, 4.69) is 9.97 Å². The van der Waals surface area contributed by atoms with Gasteiger partial charge in [0.15, 0.2) is 5.16 Å². The van der Waals surface area contributed by atoms with Crippen molar-refractivity contribution >= 4 is 28.7 Å². The average molecular weight is 277 g/mol. The van der Waals surface area contributed by atoms with E-state index in [1.165, 1.54) is 11.8 Å². The Balaban J connectivity index is 2.06. The monoisotopic (exact) mass is 277 g/mol. The Kier molecular flexibility index (Phi) is 4.47. The highest BCUT2D eigenvalue weighted by Crippen LogP contribution is 2.21. The first-order chi connectivity index (χ1) is 9.15. The van der Waals surface area contributed by atoms with Gasteiger partial charge < -0.3 is 9.88 Å². The Hall–Kier alpha value is -1.49. The first-order valence-corrected chi connectivity index (χ1v) is 7.50. The van der Waals surface area contributed by atoms with E-state index in [9.17, 15) is 4.79 Å². The number of fused-ring (bicyclic) bond motifs is 1. The van der Waals surface area contributed by atoms with Gasteiger partial charge in [-0.2, -0.15) is 0 Å². The van der Waals surface area contributed by atoms with Crippen LogP contribution in [0.4, 0.5) is 0 Å². The Bertz CT molecular complexity index is 575. The number of imidazole rings is 1. The summed E-state index contributed by atoms with van der Waals surface area (Å²) in [6, 6.07) is 6.05. The van der Waals surface area contributed by atoms with Gasteiger partial charge in [0.05, 0.1) is 16.8 Å². The summed E-state index contributed by atoms with van der Waals surface area (Å²) in [4.78, 5) is 21.5. The largest absolute Gasteiger partial charge is 0.343 e. The molecule has 102 valence electrons. The average Bonchev–Trinajstić information content (AvgIpc) is 2.82. The number of nitrogens with zero attached hydrogens (tertiary/aromatic N) is 2. The number of carbonyl (C=O) groups excluding carboxylic acids is 1.